The molecule has 8 heteroatoms. The Kier molecular flexibility index (Phi) is 4.97. The van der Waals surface area contributed by atoms with Crippen LogP contribution in [0.1, 0.15) is 0 Å². The van der Waals surface area contributed by atoms with Crippen molar-refractivity contribution >= 4 is 98.5 Å². The van der Waals surface area contributed by atoms with Gasteiger partial charge in [-0.3, -0.25) is 0 Å². The van der Waals surface area contributed by atoms with Crippen LogP contribution in [0.5, 0.6) is 11.5 Å². The quantitative estimate of drug-likeness (QED) is 0.193. The number of hydrogen-bond acceptors (Lipinski definition) is 6. The lowest BCUT2D eigenvalue weighted by molar-refractivity contribution is 0.424. The van der Waals surface area contributed by atoms with Gasteiger partial charge in [0.25, 0.3) is 0 Å². The van der Waals surface area contributed by atoms with E-state index in [0.717, 1.165) is 87.2 Å². The van der Waals surface area contributed by atoms with E-state index in [1.165, 1.54) is 0 Å². The Morgan fingerprint density at radius 1 is 0.435 bits per heavy atom. The second-order valence-electron chi connectivity index (χ2n) is 11.6. The predicted octanol–water partition coefficient (Wildman–Crippen LogP) is 8.88. The summed E-state index contributed by atoms with van der Waals surface area (Å²) in [6.45, 7) is 0. The van der Waals surface area contributed by atoms with Gasteiger partial charge in [-0.25, -0.2) is 19.9 Å². The molecule has 5 aromatic heterocycles. The number of hydrogen-bond donors (Lipinski definition) is 2. The second-order valence-corrected chi connectivity index (χ2v) is 11.6. The minimum absolute atomic E-state index is 0.692. The van der Waals surface area contributed by atoms with Crippen molar-refractivity contribution in [1.82, 2.24) is 29.9 Å². The van der Waals surface area contributed by atoms with E-state index in [2.05, 4.69) is 58.5 Å². The zero-order valence-corrected chi connectivity index (χ0v) is 24.8. The van der Waals surface area contributed by atoms with Crippen molar-refractivity contribution in [3.63, 3.8) is 0 Å². The molecule has 8 nitrogen and oxygen atoms in total. The molecule has 12 bridgehead atoms. The van der Waals surface area contributed by atoms with Crippen LogP contribution < -0.4 is 9.47 Å². The summed E-state index contributed by atoms with van der Waals surface area (Å²) in [7, 11) is 3.38. The number of aromatic nitrogens is 6. The van der Waals surface area contributed by atoms with E-state index in [1.807, 2.05) is 48.5 Å². The lowest BCUT2D eigenvalue weighted by Gasteiger charge is -2.08. The maximum atomic E-state index is 6.09. The first-order valence-electron chi connectivity index (χ1n) is 15.1. The van der Waals surface area contributed by atoms with Crippen LogP contribution in [0.3, 0.4) is 0 Å². The first-order chi connectivity index (χ1) is 22.7. The Bertz CT molecular complexity index is 2760. The summed E-state index contributed by atoms with van der Waals surface area (Å²) in [5, 5.41) is 7.45. The number of H-pyrrole nitrogens is 2. The summed E-state index contributed by atoms with van der Waals surface area (Å²) in [5.41, 5.74) is 8.12. The molecular formula is C38H24N6O2. The Hall–Kier alpha value is -6.28. The minimum atomic E-state index is 0.692. The summed E-state index contributed by atoms with van der Waals surface area (Å²) < 4.78 is 12.2. The highest BCUT2D eigenvalue weighted by molar-refractivity contribution is 6.19. The van der Waals surface area contributed by atoms with Gasteiger partial charge in [-0.05, 0) is 53.9 Å². The van der Waals surface area contributed by atoms with Gasteiger partial charge in [-0.1, -0.05) is 48.5 Å². The molecule has 218 valence electrons. The monoisotopic (exact) mass is 596 g/mol. The van der Waals surface area contributed by atoms with E-state index >= 15 is 0 Å². The Morgan fingerprint density at radius 2 is 0.870 bits per heavy atom. The predicted molar refractivity (Wildman–Crippen MR) is 186 cm³/mol. The van der Waals surface area contributed by atoms with Crippen LogP contribution in [0, 0.1) is 0 Å². The number of nitrogens with one attached hydrogen (secondary N) is 2. The number of rotatable bonds is 2. The van der Waals surface area contributed by atoms with Gasteiger partial charge in [0.1, 0.15) is 22.8 Å². The smallest absolute Gasteiger partial charge is 0.142 e. The maximum absolute atomic E-state index is 6.09. The summed E-state index contributed by atoms with van der Waals surface area (Å²) in [4.78, 5) is 27.9. The molecular weight excluding hydrogens is 572 g/mol. The third-order valence-electron chi connectivity index (χ3n) is 9.11. The molecule has 10 rings (SSSR count). The van der Waals surface area contributed by atoms with Crippen molar-refractivity contribution < 1.29 is 9.47 Å². The molecule has 0 spiro atoms. The van der Waals surface area contributed by atoms with Gasteiger partial charge < -0.3 is 19.4 Å². The van der Waals surface area contributed by atoms with Crippen LogP contribution in [-0.4, -0.2) is 44.1 Å². The topological polar surface area (TPSA) is 102 Å². The van der Waals surface area contributed by atoms with Gasteiger partial charge in [0, 0.05) is 26.9 Å². The number of ether oxygens (including phenoxy) is 2. The molecule has 0 unspecified atom stereocenters. The van der Waals surface area contributed by atoms with E-state index in [9.17, 15) is 0 Å². The highest BCUT2D eigenvalue weighted by Crippen LogP contribution is 2.37. The average molecular weight is 597 g/mol. The first kappa shape index (κ1) is 25.1. The largest absolute Gasteiger partial charge is 0.495 e. The molecule has 0 saturated heterocycles. The van der Waals surface area contributed by atoms with Crippen LogP contribution in [0.15, 0.2) is 97.1 Å². The summed E-state index contributed by atoms with van der Waals surface area (Å²) in [5.74, 6) is 1.38. The van der Waals surface area contributed by atoms with Crippen LogP contribution in [0.25, 0.3) is 98.5 Å². The average Bonchev–Trinajstić information content (AvgIpc) is 3.75. The lowest BCUT2D eigenvalue weighted by Crippen LogP contribution is -1.90. The zero-order chi connectivity index (χ0) is 30.5. The minimum Gasteiger partial charge on any atom is -0.495 e. The van der Waals surface area contributed by atoms with Gasteiger partial charge in [-0.15, -0.1) is 0 Å². The molecule has 5 aromatic carbocycles. The van der Waals surface area contributed by atoms with Crippen molar-refractivity contribution in [3.05, 3.63) is 97.1 Å². The van der Waals surface area contributed by atoms with Crippen LogP contribution in [-0.2, 0) is 0 Å². The van der Waals surface area contributed by atoms with Crippen molar-refractivity contribution in [2.75, 3.05) is 14.2 Å². The second kappa shape index (κ2) is 9.12. The first-order valence-corrected chi connectivity index (χ1v) is 15.1. The highest BCUT2D eigenvalue weighted by atomic mass is 16.5. The van der Waals surface area contributed by atoms with Gasteiger partial charge in [-0.2, -0.15) is 0 Å². The van der Waals surface area contributed by atoms with Crippen molar-refractivity contribution in [2.24, 2.45) is 0 Å². The van der Waals surface area contributed by atoms with E-state index in [0.29, 0.717) is 22.8 Å². The zero-order valence-electron chi connectivity index (χ0n) is 24.8. The normalized spacial score (nSPS) is 12.1. The van der Waals surface area contributed by atoms with E-state index in [-0.39, 0.29) is 0 Å². The third kappa shape index (κ3) is 3.38. The summed E-state index contributed by atoms with van der Waals surface area (Å²) in [6, 6.07) is 32.9. The molecule has 0 saturated carbocycles. The molecule has 10 aromatic rings. The Balaban J connectivity index is 1.51. The molecule has 0 fully saturated rings. The van der Waals surface area contributed by atoms with Gasteiger partial charge in [0.05, 0.1) is 69.1 Å². The number of nitrogens with zero attached hydrogens (tertiary/aromatic N) is 4. The van der Waals surface area contributed by atoms with Gasteiger partial charge >= 0.3 is 0 Å². The molecule has 5 heterocycles. The van der Waals surface area contributed by atoms with E-state index in [4.69, 9.17) is 29.4 Å². The number of imidazole rings is 2. The summed E-state index contributed by atoms with van der Waals surface area (Å²) in [6.07, 6.45) is 0. The number of para-hydroxylation sites is 2. The fourth-order valence-electron chi connectivity index (χ4n) is 6.96. The molecule has 0 aliphatic rings. The number of methoxy groups -OCH3 is 2. The standard InChI is InChI=1S/C38H24N6O2/c1-45-35-22-5-3-7-24(35)37-41-28-17-11-19-12-18-29-34(30(19)33(28)43-37)44-38(42-29)25-8-4-6-23(36(25)46-2)27-16-14-21-10-9-20-13-15-26(22)39-31(20)32(21)40-27/h3-18H,1-2H3,(H,41,43)(H,42,44). The van der Waals surface area contributed by atoms with Crippen LogP contribution in [0.4, 0.5) is 0 Å². The molecule has 0 amide bonds. The molecule has 0 radical (unpaired) electrons. The van der Waals surface area contributed by atoms with Gasteiger partial charge in [0.15, 0.2) is 0 Å². The Labute approximate surface area is 260 Å². The molecule has 0 aliphatic carbocycles. The highest BCUT2D eigenvalue weighted by Gasteiger charge is 2.16. The fraction of sp³-hybridized carbons (Fsp3) is 0.0526. The van der Waals surface area contributed by atoms with E-state index < -0.39 is 0 Å². The maximum Gasteiger partial charge on any atom is 0.142 e. The number of benzene rings is 5. The summed E-state index contributed by atoms with van der Waals surface area (Å²) >= 11 is 0. The molecule has 0 atom stereocenters. The SMILES string of the molecule is COc1c2cccc1c1nc3c(ccc4ccc5[nH]c(nc5c43)c3cccc(c3OC)c3ccc4ccc5ccc2nc5c4n3)[nH]1. The van der Waals surface area contributed by atoms with Crippen molar-refractivity contribution in [1.29, 1.82) is 0 Å². The number of fused-ring (bicyclic) bond motifs is 12. The Morgan fingerprint density at radius 3 is 1.35 bits per heavy atom. The lowest BCUT2D eigenvalue weighted by atomic mass is 10.1. The van der Waals surface area contributed by atoms with Crippen LogP contribution >= 0.6 is 0 Å². The molecule has 46 heavy (non-hydrogen) atoms. The number of pyridine rings is 2. The molecule has 2 N–H and O–H groups in total. The molecule has 0 aliphatic heterocycles. The van der Waals surface area contributed by atoms with Crippen molar-refractivity contribution in [2.45, 2.75) is 0 Å². The fourth-order valence-corrected chi connectivity index (χ4v) is 6.96. The third-order valence-corrected chi connectivity index (χ3v) is 9.11. The van der Waals surface area contributed by atoms with Gasteiger partial charge in [0.2, 0.25) is 0 Å². The van der Waals surface area contributed by atoms with E-state index in [1.54, 1.807) is 14.2 Å². The van der Waals surface area contributed by atoms with Crippen LogP contribution in [0.2, 0.25) is 0 Å². The van der Waals surface area contributed by atoms with Crippen molar-refractivity contribution in [3.8, 4) is 11.5 Å². The number of aromatic amines is 2.